The summed E-state index contributed by atoms with van der Waals surface area (Å²) in [5.74, 6) is 2.61. The van der Waals surface area contributed by atoms with E-state index in [1.54, 1.807) is 31.4 Å². The molecule has 2 aliphatic heterocycles. The molecule has 4 aromatic heterocycles. The van der Waals surface area contributed by atoms with E-state index in [1.165, 1.54) is 12.7 Å². The maximum atomic E-state index is 15.8. The number of methoxy groups -OCH3 is 2. The van der Waals surface area contributed by atoms with E-state index < -0.39 is 60.2 Å². The van der Waals surface area contributed by atoms with E-state index in [9.17, 15) is 5.11 Å². The van der Waals surface area contributed by atoms with E-state index in [-0.39, 0.29) is 6.61 Å². The SMILES string of the molecule is CC[C@H]1O[C@@H](n2cnc3c(NC(c4ccccc4)(c4ccccc4)c4ccccc4)ncnc32)C(OCc2ccc(OC)cc2)[C@@H]1O.CC[C@H]1O[C@@H](n2cnc3c(NC(c4ccccc4)(c4ccccc4)c4ccccc4)ncnc32)C(OCc2ccc(OC)cc2)[C@H]1F. The third-order valence-corrected chi connectivity index (χ3v) is 17.7. The second-order valence-electron chi connectivity index (χ2n) is 23.2. The van der Waals surface area contributed by atoms with E-state index >= 15 is 4.39 Å². The molecule has 18 heteroatoms. The molecule has 94 heavy (non-hydrogen) atoms. The molecule has 2 unspecified atom stereocenters. The number of rotatable bonds is 22. The molecule has 0 radical (unpaired) electrons. The van der Waals surface area contributed by atoms with Crippen LogP contribution < -0.4 is 20.1 Å². The lowest BCUT2D eigenvalue weighted by Gasteiger charge is -2.37. The van der Waals surface area contributed by atoms with Gasteiger partial charge in [-0.15, -0.1) is 0 Å². The minimum Gasteiger partial charge on any atom is -0.497 e. The molecule has 3 N–H and O–H groups in total. The Morgan fingerprint density at radius 3 is 1.11 bits per heavy atom. The maximum Gasteiger partial charge on any atom is 0.167 e. The Hall–Kier alpha value is -10.2. The number of hydrogen-bond acceptors (Lipinski definition) is 15. The molecule has 8 aromatic carbocycles. The summed E-state index contributed by atoms with van der Waals surface area (Å²) in [5, 5.41) is 18.9. The van der Waals surface area contributed by atoms with Gasteiger partial charge in [0.1, 0.15) is 53.5 Å². The number of alkyl halides is 1. The van der Waals surface area contributed by atoms with Gasteiger partial charge in [0, 0.05) is 0 Å². The first kappa shape index (κ1) is 62.6. The Labute approximate surface area is 545 Å². The topological polar surface area (TPSA) is 187 Å². The standard InChI is InChI=1S/C38H36FN5O3.C38H37N5O4/c1-3-31-32(39)34(46-23-26-19-21-30(45-2)22-20-26)37(47-31)44-25-42-33-35(40-24-41-36(33)44)43-38(27-13-7-4-8-14-27,28-15-9-5-10-16-28)29-17-11-6-12-18-29;1-3-31-33(44)34(46-23-26-19-21-30(45-2)22-20-26)37(47-31)43-25-41-32-35(39-24-40-36(32)43)42-38(27-13-7-4-8-14-27,28-15-9-5-10-16-28)29-17-11-6-12-18-29/h4-22,24-25,31-32,34,37H,3,23H2,1-2H3,(H,40,41,43);4-22,24-25,31,33-34,37,44H,3,23H2,1-2H3,(H,39,40,42)/t31-,32+,34?,37-;31-,33-,34?,37-/m11/s1. The number of fused-ring (bicyclic) bond motifs is 2. The Bertz CT molecular complexity index is 3900. The van der Waals surface area contributed by atoms with Gasteiger partial charge in [-0.25, -0.2) is 34.3 Å². The Morgan fingerprint density at radius 1 is 0.436 bits per heavy atom. The van der Waals surface area contributed by atoms with Gasteiger partial charge >= 0.3 is 0 Å². The molecule has 0 amide bonds. The van der Waals surface area contributed by atoms with Crippen LogP contribution in [0.5, 0.6) is 11.5 Å². The smallest absolute Gasteiger partial charge is 0.167 e. The van der Waals surface area contributed by atoms with Crippen molar-refractivity contribution in [2.75, 3.05) is 24.9 Å². The fourth-order valence-electron chi connectivity index (χ4n) is 12.9. The minimum absolute atomic E-state index is 0.216. The van der Waals surface area contributed by atoms with Crippen LogP contribution in [0.4, 0.5) is 16.0 Å². The van der Waals surface area contributed by atoms with Gasteiger partial charge in [-0.1, -0.05) is 220 Å². The third-order valence-electron chi connectivity index (χ3n) is 17.7. The molecule has 2 fully saturated rings. The van der Waals surface area contributed by atoms with Gasteiger partial charge in [0.05, 0.1) is 52.3 Å². The monoisotopic (exact) mass is 1260 g/mol. The number of nitrogens with zero attached hydrogens (tertiary/aromatic N) is 8. The molecule has 12 aromatic rings. The van der Waals surface area contributed by atoms with Crippen LogP contribution in [0.2, 0.25) is 0 Å². The molecular weight excluding hydrogens is 1180 g/mol. The van der Waals surface area contributed by atoms with Gasteiger partial charge in [0.15, 0.2) is 52.6 Å². The molecule has 2 saturated heterocycles. The summed E-state index contributed by atoms with van der Waals surface area (Å²) in [7, 11) is 3.26. The van der Waals surface area contributed by atoms with Crippen molar-refractivity contribution in [3.63, 3.8) is 0 Å². The Morgan fingerprint density at radius 2 is 0.766 bits per heavy atom. The zero-order chi connectivity index (χ0) is 64.4. The number of hydrogen-bond donors (Lipinski definition) is 3. The highest BCUT2D eigenvalue weighted by molar-refractivity contribution is 5.85. The van der Waals surface area contributed by atoms with Crippen molar-refractivity contribution in [3.8, 4) is 11.5 Å². The number of halogens is 1. The van der Waals surface area contributed by atoms with Gasteiger partial charge in [0.2, 0.25) is 0 Å². The largest absolute Gasteiger partial charge is 0.497 e. The fourth-order valence-corrected chi connectivity index (χ4v) is 12.9. The second-order valence-corrected chi connectivity index (χ2v) is 23.2. The molecule has 2 aliphatic rings. The van der Waals surface area contributed by atoms with E-state index in [4.69, 9.17) is 48.4 Å². The van der Waals surface area contributed by atoms with Crippen LogP contribution in [-0.2, 0) is 43.2 Å². The summed E-state index contributed by atoms with van der Waals surface area (Å²) in [6.07, 6.45) is 1.36. The van der Waals surface area contributed by atoms with Crippen molar-refractivity contribution >= 4 is 34.0 Å². The maximum absolute atomic E-state index is 15.8. The van der Waals surface area contributed by atoms with Crippen LogP contribution in [0.15, 0.2) is 256 Å². The van der Waals surface area contributed by atoms with Crippen molar-refractivity contribution in [3.05, 3.63) is 300 Å². The molecule has 476 valence electrons. The number of ether oxygens (including phenoxy) is 6. The zero-order valence-corrected chi connectivity index (χ0v) is 52.5. The molecule has 14 rings (SSSR count). The molecule has 8 atom stereocenters. The summed E-state index contributed by atoms with van der Waals surface area (Å²) >= 11 is 0. The highest BCUT2D eigenvalue weighted by atomic mass is 19.1. The van der Waals surface area contributed by atoms with E-state index in [0.717, 1.165) is 56.0 Å². The fraction of sp³-hybridized carbons (Fsp3) is 0.237. The summed E-state index contributed by atoms with van der Waals surface area (Å²) in [6, 6.07) is 77.1. The summed E-state index contributed by atoms with van der Waals surface area (Å²) < 4.78 is 55.3. The number of aliphatic hydroxyl groups excluding tert-OH is 1. The van der Waals surface area contributed by atoms with Crippen LogP contribution in [0.25, 0.3) is 22.3 Å². The van der Waals surface area contributed by atoms with Gasteiger partial charge in [-0.05, 0) is 81.6 Å². The predicted molar refractivity (Wildman–Crippen MR) is 359 cm³/mol. The molecule has 0 saturated carbocycles. The zero-order valence-electron chi connectivity index (χ0n) is 52.5. The van der Waals surface area contributed by atoms with Crippen molar-refractivity contribution in [2.24, 2.45) is 0 Å². The number of anilines is 2. The number of benzene rings is 8. The van der Waals surface area contributed by atoms with Crippen LogP contribution >= 0.6 is 0 Å². The van der Waals surface area contributed by atoms with Crippen molar-refractivity contribution in [2.45, 2.75) is 100 Å². The summed E-state index contributed by atoms with van der Waals surface area (Å²) in [6.45, 7) is 4.41. The lowest BCUT2D eigenvalue weighted by molar-refractivity contribution is -0.0736. The lowest BCUT2D eigenvalue weighted by atomic mass is 9.77. The van der Waals surface area contributed by atoms with E-state index in [0.29, 0.717) is 53.4 Å². The molecule has 0 spiro atoms. The minimum atomic E-state index is -1.33. The van der Waals surface area contributed by atoms with E-state index in [1.807, 2.05) is 176 Å². The normalized spacial score (nSPS) is 19.6. The Kier molecular flexibility index (Phi) is 18.9. The molecule has 0 aliphatic carbocycles. The number of aromatic nitrogens is 8. The van der Waals surface area contributed by atoms with Crippen LogP contribution in [-0.4, -0.2) is 95.1 Å². The number of aliphatic hydroxyl groups is 1. The van der Waals surface area contributed by atoms with Gasteiger partial charge in [0.25, 0.3) is 0 Å². The second kappa shape index (κ2) is 28.3. The van der Waals surface area contributed by atoms with Crippen molar-refractivity contribution < 1.29 is 37.9 Å². The Balaban J connectivity index is 0.000000171. The highest BCUT2D eigenvalue weighted by Gasteiger charge is 2.48. The highest BCUT2D eigenvalue weighted by Crippen LogP contribution is 2.45. The average Bonchev–Trinajstić information content (AvgIpc) is 1.09. The molecule has 17 nitrogen and oxygen atoms in total. The summed E-state index contributed by atoms with van der Waals surface area (Å²) in [4.78, 5) is 28.3. The van der Waals surface area contributed by atoms with Crippen molar-refractivity contribution in [1.82, 2.24) is 39.0 Å². The molecular formula is C76H73FN10O7. The number of nitrogens with one attached hydrogen (secondary N) is 2. The quantitative estimate of drug-likeness (QED) is 0.0544. The predicted octanol–water partition coefficient (Wildman–Crippen LogP) is 14.0. The van der Waals surface area contributed by atoms with Gasteiger partial charge in [-0.2, -0.15) is 0 Å². The molecule has 0 bridgehead atoms. The average molecular weight is 1260 g/mol. The first-order valence-corrected chi connectivity index (χ1v) is 31.6. The van der Waals surface area contributed by atoms with Crippen molar-refractivity contribution in [1.29, 1.82) is 0 Å². The van der Waals surface area contributed by atoms with Gasteiger partial charge in [-0.3, -0.25) is 9.13 Å². The first-order chi connectivity index (χ1) is 46.2. The summed E-state index contributed by atoms with van der Waals surface area (Å²) in [5.41, 5.74) is 8.65. The number of imidazole rings is 2. The van der Waals surface area contributed by atoms with Crippen LogP contribution in [0.3, 0.4) is 0 Å². The van der Waals surface area contributed by atoms with E-state index in [2.05, 4.69) is 93.4 Å². The third kappa shape index (κ3) is 12.4. The lowest BCUT2D eigenvalue weighted by Crippen LogP contribution is -2.38. The van der Waals surface area contributed by atoms with Gasteiger partial charge < -0.3 is 44.2 Å². The molecule has 6 heterocycles. The van der Waals surface area contributed by atoms with Crippen LogP contribution in [0, 0.1) is 0 Å². The van der Waals surface area contributed by atoms with Crippen LogP contribution in [0.1, 0.15) is 83.7 Å². The first-order valence-electron chi connectivity index (χ1n) is 31.6.